The Bertz CT molecular complexity index is 1370. The molecule has 38 heavy (non-hydrogen) atoms. The highest BCUT2D eigenvalue weighted by Crippen LogP contribution is 2.68. The van der Waals surface area contributed by atoms with Gasteiger partial charge in [0, 0.05) is 11.8 Å². The molecule has 0 saturated carbocycles. The van der Waals surface area contributed by atoms with Gasteiger partial charge in [0.2, 0.25) is 0 Å². The summed E-state index contributed by atoms with van der Waals surface area (Å²) in [6.07, 6.45) is 0.309. The van der Waals surface area contributed by atoms with Crippen molar-refractivity contribution in [2.24, 2.45) is 0 Å². The van der Waals surface area contributed by atoms with Gasteiger partial charge in [-0.15, -0.1) is 0 Å². The first-order valence-corrected chi connectivity index (χ1v) is 13.7. The van der Waals surface area contributed by atoms with E-state index in [1.54, 1.807) is 0 Å². The summed E-state index contributed by atoms with van der Waals surface area (Å²) in [4.78, 5) is 0. The minimum atomic E-state index is -0.686. The molecular formula is C34H28O4. The van der Waals surface area contributed by atoms with Gasteiger partial charge in [-0.1, -0.05) is 97.1 Å². The highest BCUT2D eigenvalue weighted by molar-refractivity contribution is 5.71. The molecule has 4 aromatic carbocycles. The molecule has 0 aromatic heterocycles. The van der Waals surface area contributed by atoms with Crippen LogP contribution in [0.5, 0.6) is 0 Å². The van der Waals surface area contributed by atoms with Crippen LogP contribution in [0.1, 0.15) is 56.3 Å². The molecule has 2 heterocycles. The SMILES string of the molecule is c1ccc2c(c1)C1c3ccccc3C2(OCC2CO2)C2c3ccccc3C1(OCC1CO1)c1ccccc12. The largest absolute Gasteiger partial charge is 0.371 e. The molecule has 4 nitrogen and oxygen atoms in total. The number of benzene rings is 4. The second kappa shape index (κ2) is 7.64. The first-order valence-electron chi connectivity index (χ1n) is 13.7. The summed E-state index contributed by atoms with van der Waals surface area (Å²) in [5, 5.41) is 0. The maximum atomic E-state index is 7.27. The Kier molecular flexibility index (Phi) is 4.35. The van der Waals surface area contributed by atoms with Gasteiger partial charge in [0.15, 0.2) is 0 Å². The van der Waals surface area contributed by atoms with Crippen molar-refractivity contribution >= 4 is 0 Å². The lowest BCUT2D eigenvalue weighted by Crippen LogP contribution is -2.55. The van der Waals surface area contributed by atoms with Crippen LogP contribution in [0.25, 0.3) is 0 Å². The Morgan fingerprint density at radius 3 is 1.08 bits per heavy atom. The molecule has 0 spiro atoms. The van der Waals surface area contributed by atoms with E-state index in [1.807, 2.05) is 0 Å². The Hall–Kier alpha value is -3.28. The van der Waals surface area contributed by atoms with Crippen LogP contribution in [0.4, 0.5) is 0 Å². The van der Waals surface area contributed by atoms with Gasteiger partial charge < -0.3 is 18.9 Å². The summed E-state index contributed by atoms with van der Waals surface area (Å²) < 4.78 is 25.9. The van der Waals surface area contributed by atoms with Gasteiger partial charge >= 0.3 is 0 Å². The summed E-state index contributed by atoms with van der Waals surface area (Å²) >= 11 is 0. The zero-order chi connectivity index (χ0) is 24.9. The van der Waals surface area contributed by atoms with Crippen LogP contribution in [-0.4, -0.2) is 38.6 Å². The fourth-order valence-electron chi connectivity index (χ4n) is 7.73. The zero-order valence-electron chi connectivity index (χ0n) is 21.0. The highest BCUT2D eigenvalue weighted by Gasteiger charge is 2.64. The standard InChI is InChI=1S/C34H28O4/c1-5-13-27-23(9-1)31-24-10-2-6-14-28(24)33(27,37-19-21-17-35-21)32-25-11-3-7-15-29(25)34(31,38-20-22-18-36-22)30-16-8-4-12-26(30)32/h1-16,21-22,31-32H,17-20H2. The molecule has 2 unspecified atom stereocenters. The van der Waals surface area contributed by atoms with Crippen LogP contribution in [-0.2, 0) is 30.1 Å². The van der Waals surface area contributed by atoms with Gasteiger partial charge in [-0.2, -0.15) is 0 Å². The molecule has 2 aliphatic heterocycles. The van der Waals surface area contributed by atoms with Crippen molar-refractivity contribution in [2.75, 3.05) is 26.4 Å². The van der Waals surface area contributed by atoms with Crippen LogP contribution in [0.2, 0.25) is 0 Å². The van der Waals surface area contributed by atoms with Gasteiger partial charge in [-0.05, 0) is 44.5 Å². The molecule has 2 saturated heterocycles. The smallest absolute Gasteiger partial charge is 0.130 e. The van der Waals surface area contributed by atoms with Gasteiger partial charge in [0.05, 0.1) is 26.4 Å². The van der Waals surface area contributed by atoms with Gasteiger partial charge in [-0.3, -0.25) is 0 Å². The summed E-state index contributed by atoms with van der Waals surface area (Å²) in [7, 11) is 0. The average Bonchev–Trinajstić information content (AvgIpc) is 3.89. The molecule has 4 heteroatoms. The molecule has 188 valence electrons. The van der Waals surface area contributed by atoms with Crippen molar-refractivity contribution in [1.82, 2.24) is 0 Å². The lowest BCUT2D eigenvalue weighted by Gasteiger charge is -2.59. The minimum absolute atomic E-state index is 0.0360. The van der Waals surface area contributed by atoms with Gasteiger partial charge in [-0.25, -0.2) is 0 Å². The quantitative estimate of drug-likeness (QED) is 0.323. The van der Waals surface area contributed by atoms with E-state index in [1.165, 1.54) is 44.5 Å². The van der Waals surface area contributed by atoms with E-state index >= 15 is 0 Å². The summed E-state index contributed by atoms with van der Waals surface area (Å²) in [6.45, 7) is 2.66. The highest BCUT2D eigenvalue weighted by atomic mass is 16.6. The molecule has 2 fully saturated rings. The molecule has 12 rings (SSSR count). The lowest BCUT2D eigenvalue weighted by atomic mass is 9.49. The Labute approximate surface area is 222 Å². The van der Waals surface area contributed by atoms with E-state index in [4.69, 9.17) is 18.9 Å². The number of ether oxygens (including phenoxy) is 4. The number of epoxide rings is 2. The van der Waals surface area contributed by atoms with Crippen molar-refractivity contribution in [3.63, 3.8) is 0 Å². The van der Waals surface area contributed by atoms with Crippen molar-refractivity contribution in [1.29, 1.82) is 0 Å². The Morgan fingerprint density at radius 2 is 0.789 bits per heavy atom. The van der Waals surface area contributed by atoms with Crippen molar-refractivity contribution in [3.8, 4) is 0 Å². The van der Waals surface area contributed by atoms with Crippen molar-refractivity contribution in [2.45, 2.75) is 35.2 Å². The number of rotatable bonds is 6. The maximum absolute atomic E-state index is 7.27. The minimum Gasteiger partial charge on any atom is -0.371 e. The third kappa shape index (κ3) is 2.69. The topological polar surface area (TPSA) is 43.5 Å². The predicted molar refractivity (Wildman–Crippen MR) is 142 cm³/mol. The van der Waals surface area contributed by atoms with Crippen molar-refractivity contribution in [3.05, 3.63) is 142 Å². The van der Waals surface area contributed by atoms with Crippen LogP contribution in [0.3, 0.4) is 0 Å². The average molecular weight is 501 g/mol. The first-order chi connectivity index (χ1) is 18.8. The second-order valence-corrected chi connectivity index (χ2v) is 11.2. The fraction of sp³-hybridized carbons (Fsp3) is 0.294. The summed E-state index contributed by atoms with van der Waals surface area (Å²) in [5.41, 5.74) is 8.75. The third-order valence-corrected chi connectivity index (χ3v) is 9.30. The van der Waals surface area contributed by atoms with E-state index in [0.29, 0.717) is 13.2 Å². The number of hydrogen-bond acceptors (Lipinski definition) is 4. The van der Waals surface area contributed by atoms with E-state index in [2.05, 4.69) is 97.1 Å². The molecule has 0 radical (unpaired) electrons. The van der Waals surface area contributed by atoms with Crippen LogP contribution in [0, 0.1) is 0 Å². The van der Waals surface area contributed by atoms with Crippen LogP contribution in [0.15, 0.2) is 97.1 Å². The van der Waals surface area contributed by atoms with E-state index < -0.39 is 11.2 Å². The molecule has 2 atom stereocenters. The summed E-state index contributed by atoms with van der Waals surface area (Å²) in [5.74, 6) is -0.0720. The Balaban J connectivity index is 1.45. The monoisotopic (exact) mass is 500 g/mol. The maximum Gasteiger partial charge on any atom is 0.130 e. The van der Waals surface area contributed by atoms with E-state index in [-0.39, 0.29) is 24.0 Å². The predicted octanol–water partition coefficient (Wildman–Crippen LogP) is 5.61. The molecular weight excluding hydrogens is 472 g/mol. The molecule has 0 N–H and O–H groups in total. The van der Waals surface area contributed by atoms with Crippen LogP contribution >= 0.6 is 0 Å². The van der Waals surface area contributed by atoms with E-state index in [9.17, 15) is 0 Å². The molecule has 6 aliphatic carbocycles. The molecule has 4 aromatic rings. The second-order valence-electron chi connectivity index (χ2n) is 11.2. The first kappa shape index (κ1) is 21.6. The lowest BCUT2D eigenvalue weighted by molar-refractivity contribution is -0.0759. The zero-order valence-corrected chi connectivity index (χ0v) is 21.0. The fourth-order valence-corrected chi connectivity index (χ4v) is 7.73. The van der Waals surface area contributed by atoms with E-state index in [0.717, 1.165) is 13.2 Å². The molecule has 8 aliphatic rings. The van der Waals surface area contributed by atoms with Gasteiger partial charge in [0.25, 0.3) is 0 Å². The van der Waals surface area contributed by atoms with Gasteiger partial charge in [0.1, 0.15) is 23.4 Å². The van der Waals surface area contributed by atoms with Crippen LogP contribution < -0.4 is 0 Å². The normalized spacial score (nSPS) is 32.4. The number of hydrogen-bond donors (Lipinski definition) is 0. The van der Waals surface area contributed by atoms with Crippen molar-refractivity contribution < 1.29 is 18.9 Å². The molecule has 4 bridgehead atoms. The third-order valence-electron chi connectivity index (χ3n) is 9.30. The summed E-state index contributed by atoms with van der Waals surface area (Å²) in [6, 6.07) is 35.6. The molecule has 0 amide bonds. The Morgan fingerprint density at radius 1 is 0.500 bits per heavy atom.